The Morgan fingerprint density at radius 1 is 0.400 bits per heavy atom. The zero-order valence-corrected chi connectivity index (χ0v) is 48.6. The van der Waals surface area contributed by atoms with E-state index in [0.29, 0.717) is 0 Å². The summed E-state index contributed by atoms with van der Waals surface area (Å²) in [7, 11) is 0. The average molecular weight is 1010 g/mol. The third-order valence-electron chi connectivity index (χ3n) is 14.0. The number of nitrogens with zero attached hydrogens (tertiary/aromatic N) is 2. The first-order valence-corrected chi connectivity index (χ1v) is 32.0. The van der Waals surface area contributed by atoms with E-state index >= 15 is 0 Å². The van der Waals surface area contributed by atoms with Gasteiger partial charge in [0.25, 0.3) is 5.87 Å². The van der Waals surface area contributed by atoms with Crippen LogP contribution in [0.5, 0.6) is 0 Å². The Morgan fingerprint density at radius 3 is 1.06 bits per heavy atom. The molecule has 0 aromatic heterocycles. The Hall–Kier alpha value is -2.43. The van der Waals surface area contributed by atoms with Crippen LogP contribution in [0.4, 0.5) is 0 Å². The summed E-state index contributed by atoms with van der Waals surface area (Å²) in [4.78, 5) is 3.37. The molecule has 0 atom stereocenters. The molecule has 2 aromatic carbocycles. The molecule has 0 unspecified atom stereocenters. The summed E-state index contributed by atoms with van der Waals surface area (Å²) >= 11 is 2.00. The first kappa shape index (κ1) is 65.6. The van der Waals surface area contributed by atoms with Crippen molar-refractivity contribution in [2.24, 2.45) is 0 Å². The van der Waals surface area contributed by atoms with Crippen LogP contribution in [0.2, 0.25) is 10.8 Å². The summed E-state index contributed by atoms with van der Waals surface area (Å²) < 4.78 is 0. The van der Waals surface area contributed by atoms with Gasteiger partial charge in [0.1, 0.15) is 0 Å². The normalized spacial score (nSPS) is 11.7. The van der Waals surface area contributed by atoms with Crippen molar-refractivity contribution in [2.45, 2.75) is 316 Å². The molecular weight excluding hydrogens is 891 g/mol. The molecule has 0 bridgehead atoms. The average Bonchev–Trinajstić information content (AvgIpc) is 3.36. The Morgan fingerprint density at radius 2 is 0.700 bits per heavy atom. The third-order valence-corrected chi connectivity index (χ3v) is 15.3. The number of hydrogen-bond acceptors (Lipinski definition) is 0. The zero-order chi connectivity index (χ0) is 50.8. The molecular formula is C67H114N2Ni. The molecule has 0 aliphatic heterocycles. The predicted octanol–water partition coefficient (Wildman–Crippen LogP) is 22.8. The van der Waals surface area contributed by atoms with Gasteiger partial charge >= 0.3 is 103 Å². The Kier molecular flexibility index (Phi) is 47.0. The molecule has 0 saturated heterocycles. The van der Waals surface area contributed by atoms with Gasteiger partial charge in [-0.1, -0.05) is 212 Å². The van der Waals surface area contributed by atoms with Gasteiger partial charge in [0.05, 0.1) is 6.08 Å². The quantitative estimate of drug-likeness (QED) is 0.0158. The molecule has 0 spiro atoms. The molecule has 0 radical (unpaired) electrons. The Labute approximate surface area is 443 Å². The number of allylic oxidation sites excluding steroid dienone is 4. The van der Waals surface area contributed by atoms with Gasteiger partial charge in [-0.25, -0.2) is 0 Å². The van der Waals surface area contributed by atoms with E-state index in [1.807, 2.05) is 20.5 Å². The molecule has 0 amide bonds. The maximum absolute atomic E-state index is 9.66. The van der Waals surface area contributed by atoms with E-state index in [0.717, 1.165) is 37.7 Å². The maximum atomic E-state index is 9.66. The second-order valence-electron chi connectivity index (χ2n) is 20.8. The van der Waals surface area contributed by atoms with Crippen LogP contribution in [0.15, 0.2) is 60.2 Å². The number of benzene rings is 2. The van der Waals surface area contributed by atoms with Crippen molar-refractivity contribution in [1.29, 1.82) is 0 Å². The number of aryl methyl sites for hydroxylation is 4. The van der Waals surface area contributed by atoms with E-state index in [1.54, 1.807) is 0 Å². The van der Waals surface area contributed by atoms with Gasteiger partial charge in [0.15, 0.2) is 0 Å². The van der Waals surface area contributed by atoms with Crippen molar-refractivity contribution in [2.75, 3.05) is 0 Å². The summed E-state index contributed by atoms with van der Waals surface area (Å²) in [5.41, 5.74) is 20.4. The van der Waals surface area contributed by atoms with Crippen molar-refractivity contribution in [3.05, 3.63) is 99.1 Å². The monoisotopic (exact) mass is 1000 g/mol. The van der Waals surface area contributed by atoms with Gasteiger partial charge in [-0.05, 0) is 109 Å². The first-order valence-electron chi connectivity index (χ1n) is 30.6. The molecule has 0 saturated carbocycles. The first-order chi connectivity index (χ1) is 34.5. The van der Waals surface area contributed by atoms with Gasteiger partial charge in [0, 0.05) is 0 Å². The van der Waals surface area contributed by atoms with Crippen LogP contribution < -0.4 is 0 Å². The SMILES string of the molecule is CCCCCCCCCCCCCC=CC(C=C=[N+]=[N-])=C(c1cc(CCCCC)cc(CCCCC)c1)c1cc(CCCCCC)cc(CCCCCC)c1.CCCCCC[CH2][Ni][CH2]CCCCCC. The zero-order valence-electron chi connectivity index (χ0n) is 47.6. The van der Waals surface area contributed by atoms with E-state index in [2.05, 4.69) is 108 Å². The molecule has 2 nitrogen and oxygen atoms in total. The summed E-state index contributed by atoms with van der Waals surface area (Å²) in [5, 5.41) is 2.84. The van der Waals surface area contributed by atoms with Crippen LogP contribution in [0.3, 0.4) is 0 Å². The van der Waals surface area contributed by atoms with Gasteiger partial charge < -0.3 is 5.53 Å². The van der Waals surface area contributed by atoms with Crippen LogP contribution in [-0.4, -0.2) is 10.7 Å². The van der Waals surface area contributed by atoms with Gasteiger partial charge in [-0.3, -0.25) is 0 Å². The Bertz CT molecular complexity index is 1570. The van der Waals surface area contributed by atoms with E-state index in [-0.39, 0.29) is 0 Å². The molecule has 3 heteroatoms. The molecule has 0 aliphatic carbocycles. The second-order valence-corrected chi connectivity index (χ2v) is 22.3. The number of hydrogen-bond donors (Lipinski definition) is 0. The Balaban J connectivity index is 0.00000140. The molecule has 2 rings (SSSR count). The van der Waals surface area contributed by atoms with Gasteiger partial charge in [-0.15, -0.1) is 4.79 Å². The fourth-order valence-corrected chi connectivity index (χ4v) is 10.8. The van der Waals surface area contributed by atoms with E-state index in [4.69, 9.17) is 0 Å². The number of rotatable bonds is 46. The van der Waals surface area contributed by atoms with Crippen LogP contribution in [-0.2, 0) is 40.1 Å². The van der Waals surface area contributed by atoms with Crippen LogP contribution in [0, 0.1) is 0 Å². The molecule has 0 aliphatic rings. The summed E-state index contributed by atoms with van der Waals surface area (Å²) in [5.74, 6) is 2.85. The molecule has 2 aromatic rings. The van der Waals surface area contributed by atoms with E-state index in [1.165, 1.54) is 274 Å². The summed E-state index contributed by atoms with van der Waals surface area (Å²) in [6.45, 7) is 16.1. The molecule has 0 fully saturated rings. The fraction of sp³-hybridized carbons (Fsp3) is 0.731. The summed E-state index contributed by atoms with van der Waals surface area (Å²) in [6, 6.07) is 14.9. The van der Waals surface area contributed by atoms with Gasteiger partial charge in [0.2, 0.25) is 0 Å². The van der Waals surface area contributed by atoms with Crippen molar-refractivity contribution in [3.8, 4) is 0 Å². The van der Waals surface area contributed by atoms with Crippen molar-refractivity contribution in [3.63, 3.8) is 0 Å². The van der Waals surface area contributed by atoms with Gasteiger partial charge in [-0.2, -0.15) is 0 Å². The standard InChI is InChI=1S/C53H84N2.2C7H15.Ni/c1-6-11-16-19-20-21-22-23-24-25-26-27-32-37-50(38-39-55-54)53(51-42-46(33-28-14-9-4)40-47(43-51)34-29-15-10-5)52-44-48(35-30-17-12-7-2)41-49(45-52)36-31-18-13-8-3;2*1-3-5-7-6-4-2;/h32,37-38,40-45H,6-31,33-36H2,1-5H3;2*1,3-7H2,2H3;. The van der Waals surface area contributed by atoms with Crippen molar-refractivity contribution >= 4 is 11.4 Å². The fourth-order valence-electron chi connectivity index (χ4n) is 9.60. The predicted molar refractivity (Wildman–Crippen MR) is 312 cm³/mol. The van der Waals surface area contributed by atoms with Crippen LogP contribution in [0.1, 0.15) is 313 Å². The van der Waals surface area contributed by atoms with E-state index < -0.39 is 0 Å². The number of unbranched alkanes of at least 4 members (excludes halogenated alkanes) is 29. The molecule has 0 N–H and O–H groups in total. The minimum atomic E-state index is 1.07. The van der Waals surface area contributed by atoms with Crippen LogP contribution >= 0.6 is 0 Å². The second kappa shape index (κ2) is 50.1. The topological polar surface area (TPSA) is 36.4 Å². The third kappa shape index (κ3) is 36.5. The summed E-state index contributed by atoms with van der Waals surface area (Å²) in [6.07, 6.45) is 59.1. The molecule has 0 heterocycles. The van der Waals surface area contributed by atoms with Crippen molar-refractivity contribution in [1.82, 2.24) is 0 Å². The molecule has 70 heavy (non-hydrogen) atoms. The van der Waals surface area contributed by atoms with Crippen molar-refractivity contribution < 1.29 is 19.2 Å². The van der Waals surface area contributed by atoms with E-state index in [9.17, 15) is 5.53 Å². The van der Waals surface area contributed by atoms with Crippen LogP contribution in [0.25, 0.3) is 11.1 Å². The molecule has 402 valence electrons. The minimum absolute atomic E-state index is 1.07.